The first-order chi connectivity index (χ1) is 11.0. The molecule has 1 saturated carbocycles. The van der Waals surface area contributed by atoms with Crippen LogP contribution in [0, 0.1) is 0 Å². The van der Waals surface area contributed by atoms with Crippen molar-refractivity contribution in [3.63, 3.8) is 0 Å². The molecular weight excluding hydrogens is 314 g/mol. The van der Waals surface area contributed by atoms with E-state index in [2.05, 4.69) is 10.2 Å². The number of piperazine rings is 1. The first-order valence-electron chi connectivity index (χ1n) is 9.03. The van der Waals surface area contributed by atoms with Crippen molar-refractivity contribution in [3.8, 4) is 0 Å². The second-order valence-electron chi connectivity index (χ2n) is 7.22. The van der Waals surface area contributed by atoms with Crippen molar-refractivity contribution in [2.24, 2.45) is 0 Å². The molecule has 3 rings (SSSR count). The van der Waals surface area contributed by atoms with E-state index in [1.54, 1.807) is 0 Å². The molecule has 0 bridgehead atoms. The summed E-state index contributed by atoms with van der Waals surface area (Å²) in [5.41, 5.74) is 0. The maximum atomic E-state index is 12.4. The van der Waals surface area contributed by atoms with E-state index in [1.165, 1.54) is 25.7 Å². The summed E-state index contributed by atoms with van der Waals surface area (Å²) in [4.78, 5) is 16.6. The molecule has 2 heterocycles. The summed E-state index contributed by atoms with van der Waals surface area (Å²) >= 11 is 0. The third-order valence-electron chi connectivity index (χ3n) is 5.51. The minimum atomic E-state index is -2.83. The lowest BCUT2D eigenvalue weighted by molar-refractivity contribution is 0.114. The van der Waals surface area contributed by atoms with Gasteiger partial charge in [-0.05, 0) is 19.3 Å². The average Bonchev–Trinajstić information content (AvgIpc) is 2.74. The molecule has 0 aromatic heterocycles. The minimum absolute atomic E-state index is 0.0654. The van der Waals surface area contributed by atoms with E-state index in [-0.39, 0.29) is 12.1 Å². The maximum absolute atomic E-state index is 12.4. The van der Waals surface area contributed by atoms with Gasteiger partial charge < -0.3 is 10.2 Å². The van der Waals surface area contributed by atoms with E-state index >= 15 is 0 Å². The lowest BCUT2D eigenvalue weighted by Gasteiger charge is -2.38. The zero-order chi connectivity index (χ0) is 16.3. The molecule has 0 spiro atoms. The summed E-state index contributed by atoms with van der Waals surface area (Å²) in [6.07, 6.45) is 7.96. The normalized spacial score (nSPS) is 30.1. The molecule has 2 saturated heterocycles. The van der Waals surface area contributed by atoms with Gasteiger partial charge in [0, 0.05) is 38.3 Å². The van der Waals surface area contributed by atoms with Crippen LogP contribution in [0.1, 0.15) is 44.9 Å². The molecule has 0 aromatic rings. The van der Waals surface area contributed by atoms with Gasteiger partial charge in [-0.15, -0.1) is 0 Å². The number of carbonyl (C=O) groups is 1. The van der Waals surface area contributed by atoms with Gasteiger partial charge in [-0.1, -0.05) is 25.7 Å². The molecule has 2 amide bonds. The number of hydrogen-bond donors (Lipinski definition) is 1. The van der Waals surface area contributed by atoms with Crippen molar-refractivity contribution in [3.05, 3.63) is 0 Å². The third kappa shape index (κ3) is 4.59. The molecule has 132 valence electrons. The van der Waals surface area contributed by atoms with Crippen molar-refractivity contribution >= 4 is 15.9 Å². The molecular formula is C16H29N3O3S. The van der Waals surface area contributed by atoms with Gasteiger partial charge in [-0.25, -0.2) is 13.2 Å². The van der Waals surface area contributed by atoms with E-state index in [4.69, 9.17) is 0 Å². The Morgan fingerprint density at radius 1 is 0.913 bits per heavy atom. The Morgan fingerprint density at radius 2 is 1.57 bits per heavy atom. The Hall–Kier alpha value is -0.820. The molecule has 0 aromatic carbocycles. The Balaban J connectivity index is 1.44. The second-order valence-corrected chi connectivity index (χ2v) is 9.45. The van der Waals surface area contributed by atoms with Crippen LogP contribution in [0.3, 0.4) is 0 Å². The first-order valence-corrected chi connectivity index (χ1v) is 10.9. The minimum Gasteiger partial charge on any atom is -0.335 e. The van der Waals surface area contributed by atoms with Crippen molar-refractivity contribution in [2.45, 2.75) is 57.0 Å². The lowest BCUT2D eigenvalue weighted by atomic mass is 10.1. The van der Waals surface area contributed by atoms with E-state index in [0.29, 0.717) is 30.6 Å². The highest BCUT2D eigenvalue weighted by Crippen LogP contribution is 2.20. The van der Waals surface area contributed by atoms with E-state index in [1.807, 2.05) is 4.90 Å². The number of hydrogen-bond acceptors (Lipinski definition) is 4. The molecule has 1 unspecified atom stereocenters. The van der Waals surface area contributed by atoms with E-state index < -0.39 is 9.84 Å². The highest BCUT2D eigenvalue weighted by atomic mass is 32.2. The van der Waals surface area contributed by atoms with Crippen LogP contribution >= 0.6 is 0 Å². The molecule has 0 radical (unpaired) electrons. The van der Waals surface area contributed by atoms with Gasteiger partial charge in [-0.2, -0.15) is 0 Å². The quantitative estimate of drug-likeness (QED) is 0.766. The van der Waals surface area contributed by atoms with Gasteiger partial charge in [0.25, 0.3) is 0 Å². The second kappa shape index (κ2) is 7.38. The van der Waals surface area contributed by atoms with Gasteiger partial charge in [0.05, 0.1) is 11.5 Å². The largest absolute Gasteiger partial charge is 0.335 e. The Bertz CT molecular complexity index is 507. The first kappa shape index (κ1) is 17.0. The van der Waals surface area contributed by atoms with Gasteiger partial charge in [-0.3, -0.25) is 4.90 Å². The van der Waals surface area contributed by atoms with Gasteiger partial charge in [0.2, 0.25) is 0 Å². The van der Waals surface area contributed by atoms with Crippen molar-refractivity contribution in [1.29, 1.82) is 0 Å². The molecule has 23 heavy (non-hydrogen) atoms. The highest BCUT2D eigenvalue weighted by molar-refractivity contribution is 7.91. The van der Waals surface area contributed by atoms with Crippen molar-refractivity contribution < 1.29 is 13.2 Å². The fourth-order valence-corrected chi connectivity index (χ4v) is 5.80. The van der Waals surface area contributed by atoms with Crippen LogP contribution in [0.25, 0.3) is 0 Å². The third-order valence-corrected chi connectivity index (χ3v) is 7.26. The fourth-order valence-electron chi connectivity index (χ4n) is 4.04. The monoisotopic (exact) mass is 343 g/mol. The molecule has 3 aliphatic rings. The van der Waals surface area contributed by atoms with Crippen LogP contribution in [-0.2, 0) is 9.84 Å². The Morgan fingerprint density at radius 3 is 2.13 bits per heavy atom. The molecule has 1 atom stereocenters. The van der Waals surface area contributed by atoms with Crippen LogP contribution in [-0.4, -0.2) is 74.0 Å². The summed E-state index contributed by atoms with van der Waals surface area (Å²) in [6.45, 7) is 2.99. The number of sulfone groups is 1. The average molecular weight is 343 g/mol. The number of carbonyl (C=O) groups excluding carboxylic acids is 1. The van der Waals surface area contributed by atoms with E-state index in [0.717, 1.165) is 32.4 Å². The molecule has 1 N–H and O–H groups in total. The topological polar surface area (TPSA) is 69.7 Å². The van der Waals surface area contributed by atoms with Gasteiger partial charge in [0.1, 0.15) is 0 Å². The van der Waals surface area contributed by atoms with Crippen LogP contribution in [0.2, 0.25) is 0 Å². The van der Waals surface area contributed by atoms with Crippen LogP contribution in [0.5, 0.6) is 0 Å². The predicted molar refractivity (Wildman–Crippen MR) is 90.2 cm³/mol. The summed E-state index contributed by atoms with van der Waals surface area (Å²) in [6, 6.07) is 0.561. The lowest BCUT2D eigenvalue weighted by Crippen LogP contribution is -2.55. The van der Waals surface area contributed by atoms with Crippen LogP contribution < -0.4 is 5.32 Å². The number of nitrogens with one attached hydrogen (secondary N) is 1. The summed E-state index contributed by atoms with van der Waals surface area (Å²) in [7, 11) is -2.83. The standard InChI is InChI=1S/C16H29N3O3S/c20-16(17-14-5-3-1-2-4-6-14)19-10-8-18(9-11-19)15-7-12-23(21,22)13-15/h14-15H,1-13H2,(H,17,20). The summed E-state index contributed by atoms with van der Waals surface area (Å²) in [5, 5.41) is 3.20. The predicted octanol–water partition coefficient (Wildman–Crippen LogP) is 1.22. The van der Waals surface area contributed by atoms with Gasteiger partial charge >= 0.3 is 6.03 Å². The van der Waals surface area contributed by atoms with E-state index in [9.17, 15) is 13.2 Å². The zero-order valence-electron chi connectivity index (χ0n) is 13.9. The molecule has 7 heteroatoms. The van der Waals surface area contributed by atoms with Crippen molar-refractivity contribution in [1.82, 2.24) is 15.1 Å². The highest BCUT2D eigenvalue weighted by Gasteiger charge is 2.34. The van der Waals surface area contributed by atoms with Crippen molar-refractivity contribution in [2.75, 3.05) is 37.7 Å². The molecule has 6 nitrogen and oxygen atoms in total. The Kier molecular flexibility index (Phi) is 5.46. The fraction of sp³-hybridized carbons (Fsp3) is 0.938. The van der Waals surface area contributed by atoms with Gasteiger partial charge in [0.15, 0.2) is 9.84 Å². The molecule has 2 aliphatic heterocycles. The Labute approximate surface area is 139 Å². The smallest absolute Gasteiger partial charge is 0.317 e. The molecule has 3 fully saturated rings. The number of amides is 2. The zero-order valence-corrected chi connectivity index (χ0v) is 14.7. The molecule has 1 aliphatic carbocycles. The van der Waals surface area contributed by atoms with Crippen LogP contribution in [0.4, 0.5) is 4.79 Å². The number of rotatable bonds is 2. The summed E-state index contributed by atoms with van der Waals surface area (Å²) in [5.74, 6) is 0.612. The van der Waals surface area contributed by atoms with Crippen LogP contribution in [0.15, 0.2) is 0 Å². The SMILES string of the molecule is O=C(NC1CCCCCC1)N1CCN(C2CCS(=O)(=O)C2)CC1. The summed E-state index contributed by atoms with van der Waals surface area (Å²) < 4.78 is 23.2. The number of nitrogens with zero attached hydrogens (tertiary/aromatic N) is 2. The maximum Gasteiger partial charge on any atom is 0.317 e. The number of urea groups is 1.